The van der Waals surface area contributed by atoms with E-state index in [1.165, 1.54) is 18.4 Å². The smallest absolute Gasteiger partial charge is 0.216 e. The minimum Gasteiger partial charge on any atom is -0.481 e. The molecule has 0 aliphatic carbocycles. The van der Waals surface area contributed by atoms with Crippen LogP contribution in [0.25, 0.3) is 22.4 Å². The van der Waals surface area contributed by atoms with Crippen molar-refractivity contribution in [2.24, 2.45) is 0 Å². The van der Waals surface area contributed by atoms with Gasteiger partial charge in [-0.1, -0.05) is 12.1 Å². The third-order valence-corrected chi connectivity index (χ3v) is 5.20. The zero-order valence-corrected chi connectivity index (χ0v) is 15.5. The Labute approximate surface area is 152 Å². The molecule has 0 N–H and O–H groups in total. The van der Waals surface area contributed by atoms with Crippen molar-refractivity contribution >= 4 is 9.84 Å². The van der Waals surface area contributed by atoms with Gasteiger partial charge in [0.25, 0.3) is 0 Å². The first-order chi connectivity index (χ1) is 12.3. The highest BCUT2D eigenvalue weighted by molar-refractivity contribution is 7.90. The lowest BCUT2D eigenvalue weighted by atomic mass is 9.98. The quantitative estimate of drug-likeness (QED) is 0.687. The highest BCUT2D eigenvalue weighted by Gasteiger charge is 2.15. The van der Waals surface area contributed by atoms with Crippen LogP contribution in [0.4, 0.5) is 4.39 Å². The van der Waals surface area contributed by atoms with E-state index in [0.29, 0.717) is 11.6 Å². The second-order valence-corrected chi connectivity index (χ2v) is 8.03. The number of aromatic nitrogens is 1. The first kappa shape index (κ1) is 18.1. The maximum absolute atomic E-state index is 13.3. The minimum atomic E-state index is -3.26. The van der Waals surface area contributed by atoms with Crippen LogP contribution in [0.3, 0.4) is 0 Å². The number of aryl methyl sites for hydroxylation is 1. The molecule has 0 aliphatic heterocycles. The Morgan fingerprint density at radius 2 is 1.54 bits per heavy atom. The number of benzene rings is 2. The van der Waals surface area contributed by atoms with Gasteiger partial charge in [0, 0.05) is 22.9 Å². The van der Waals surface area contributed by atoms with E-state index in [4.69, 9.17) is 4.74 Å². The Bertz CT molecular complexity index is 1040. The minimum absolute atomic E-state index is 0.253. The number of hydrogen-bond donors (Lipinski definition) is 0. The molecule has 1 heterocycles. The molecule has 2 aromatic carbocycles. The molecule has 0 radical (unpaired) electrons. The molecule has 0 aliphatic rings. The zero-order chi connectivity index (χ0) is 18.9. The highest BCUT2D eigenvalue weighted by atomic mass is 32.2. The third kappa shape index (κ3) is 3.60. The maximum Gasteiger partial charge on any atom is 0.216 e. The van der Waals surface area contributed by atoms with Gasteiger partial charge in [-0.05, 0) is 55.0 Å². The van der Waals surface area contributed by atoms with Gasteiger partial charge in [-0.2, -0.15) is 0 Å². The summed E-state index contributed by atoms with van der Waals surface area (Å²) in [6, 6.07) is 14.6. The number of nitrogens with zero attached hydrogens (tertiary/aromatic N) is 1. The van der Waals surface area contributed by atoms with Crippen molar-refractivity contribution in [3.8, 4) is 28.3 Å². The molecule has 0 spiro atoms. The first-order valence-electron chi connectivity index (χ1n) is 7.91. The largest absolute Gasteiger partial charge is 0.481 e. The van der Waals surface area contributed by atoms with Crippen LogP contribution >= 0.6 is 0 Å². The lowest BCUT2D eigenvalue weighted by Gasteiger charge is -2.14. The van der Waals surface area contributed by atoms with Crippen molar-refractivity contribution < 1.29 is 17.5 Å². The molecular formula is C20H18FNO3S. The number of ether oxygens (including phenoxy) is 1. The van der Waals surface area contributed by atoms with E-state index in [9.17, 15) is 12.8 Å². The van der Waals surface area contributed by atoms with Gasteiger partial charge in [0.05, 0.1) is 17.7 Å². The topological polar surface area (TPSA) is 56.3 Å². The lowest BCUT2D eigenvalue weighted by molar-refractivity contribution is 0.395. The Kier molecular flexibility index (Phi) is 4.78. The molecule has 0 fully saturated rings. The van der Waals surface area contributed by atoms with Gasteiger partial charge in [-0.15, -0.1) is 0 Å². The van der Waals surface area contributed by atoms with Gasteiger partial charge in [0.2, 0.25) is 5.88 Å². The second-order valence-electron chi connectivity index (χ2n) is 6.01. The summed E-state index contributed by atoms with van der Waals surface area (Å²) >= 11 is 0. The van der Waals surface area contributed by atoms with E-state index < -0.39 is 9.84 Å². The summed E-state index contributed by atoms with van der Waals surface area (Å²) < 4.78 is 42.0. The van der Waals surface area contributed by atoms with Crippen molar-refractivity contribution in [1.29, 1.82) is 0 Å². The predicted octanol–water partition coefficient (Wildman–Crippen LogP) is 4.28. The number of methoxy groups -OCH3 is 1. The summed E-state index contributed by atoms with van der Waals surface area (Å²) in [6.45, 7) is 1.88. The van der Waals surface area contributed by atoms with Crippen LogP contribution in [0, 0.1) is 12.7 Å². The molecule has 0 unspecified atom stereocenters. The van der Waals surface area contributed by atoms with Gasteiger partial charge in [-0.3, -0.25) is 0 Å². The van der Waals surface area contributed by atoms with Crippen molar-refractivity contribution in [3.63, 3.8) is 0 Å². The van der Waals surface area contributed by atoms with E-state index in [0.717, 1.165) is 22.3 Å². The maximum atomic E-state index is 13.3. The normalized spacial score (nSPS) is 11.4. The molecule has 3 rings (SSSR count). The summed E-state index contributed by atoms with van der Waals surface area (Å²) in [6.07, 6.45) is 1.17. The lowest BCUT2D eigenvalue weighted by Crippen LogP contribution is -1.98. The van der Waals surface area contributed by atoms with Crippen LogP contribution in [0.15, 0.2) is 59.5 Å². The van der Waals surface area contributed by atoms with E-state index in [1.807, 2.05) is 13.0 Å². The SMILES string of the molecule is COc1nc(-c2ccc(F)cc2)c(-c2ccc(S(C)(=O)=O)cc2)cc1C. The highest BCUT2D eigenvalue weighted by Crippen LogP contribution is 2.34. The monoisotopic (exact) mass is 371 g/mol. The number of hydrogen-bond acceptors (Lipinski definition) is 4. The molecule has 0 saturated carbocycles. The van der Waals surface area contributed by atoms with Crippen molar-refractivity contribution in [2.75, 3.05) is 13.4 Å². The van der Waals surface area contributed by atoms with Gasteiger partial charge in [-0.25, -0.2) is 17.8 Å². The summed E-state index contributed by atoms with van der Waals surface area (Å²) in [7, 11) is -1.72. The Morgan fingerprint density at radius 3 is 2.08 bits per heavy atom. The van der Waals surface area contributed by atoms with Crippen LogP contribution in [0.5, 0.6) is 5.88 Å². The van der Waals surface area contributed by atoms with E-state index in [-0.39, 0.29) is 10.7 Å². The Balaban J connectivity index is 2.19. The average Bonchev–Trinajstić information content (AvgIpc) is 2.62. The van der Waals surface area contributed by atoms with Crippen molar-refractivity contribution in [3.05, 3.63) is 66.0 Å². The molecule has 1 aromatic heterocycles. The van der Waals surface area contributed by atoms with E-state index in [1.54, 1.807) is 43.5 Å². The molecular weight excluding hydrogens is 353 g/mol. The van der Waals surface area contributed by atoms with Crippen LogP contribution < -0.4 is 4.74 Å². The van der Waals surface area contributed by atoms with Crippen molar-refractivity contribution in [1.82, 2.24) is 4.98 Å². The van der Waals surface area contributed by atoms with Crippen LogP contribution in [0.2, 0.25) is 0 Å². The summed E-state index contributed by atoms with van der Waals surface area (Å²) in [4.78, 5) is 4.83. The van der Waals surface area contributed by atoms with Crippen LogP contribution in [-0.4, -0.2) is 26.8 Å². The number of halogens is 1. The Morgan fingerprint density at radius 1 is 0.962 bits per heavy atom. The molecule has 26 heavy (non-hydrogen) atoms. The number of rotatable bonds is 4. The number of pyridine rings is 1. The van der Waals surface area contributed by atoms with Crippen LogP contribution in [-0.2, 0) is 9.84 Å². The van der Waals surface area contributed by atoms with E-state index >= 15 is 0 Å². The second kappa shape index (κ2) is 6.88. The van der Waals surface area contributed by atoms with Gasteiger partial charge in [0.1, 0.15) is 5.82 Å². The predicted molar refractivity (Wildman–Crippen MR) is 99.5 cm³/mol. The van der Waals surface area contributed by atoms with Gasteiger partial charge < -0.3 is 4.74 Å². The fourth-order valence-electron chi connectivity index (χ4n) is 2.73. The summed E-state index contributed by atoms with van der Waals surface area (Å²) in [5, 5.41) is 0. The third-order valence-electron chi connectivity index (χ3n) is 4.07. The molecule has 6 heteroatoms. The molecule has 4 nitrogen and oxygen atoms in total. The summed E-state index contributed by atoms with van der Waals surface area (Å²) in [5.74, 6) is 0.160. The molecule has 0 bridgehead atoms. The van der Waals surface area contributed by atoms with Gasteiger partial charge in [0.15, 0.2) is 9.84 Å². The standard InChI is InChI=1S/C20H18FNO3S/c1-13-12-18(14-6-10-17(11-7-14)26(3,23)24)19(22-20(13)25-2)15-4-8-16(21)9-5-15/h4-12H,1-3H3. The molecule has 0 saturated heterocycles. The summed E-state index contributed by atoms with van der Waals surface area (Å²) in [5.41, 5.74) is 3.86. The fourth-order valence-corrected chi connectivity index (χ4v) is 3.36. The van der Waals surface area contributed by atoms with Crippen LogP contribution in [0.1, 0.15) is 5.56 Å². The van der Waals surface area contributed by atoms with Gasteiger partial charge >= 0.3 is 0 Å². The molecule has 3 aromatic rings. The Hall–Kier alpha value is -2.73. The van der Waals surface area contributed by atoms with E-state index in [2.05, 4.69) is 4.98 Å². The first-order valence-corrected chi connectivity index (χ1v) is 9.81. The average molecular weight is 371 g/mol. The molecule has 0 atom stereocenters. The fraction of sp³-hybridized carbons (Fsp3) is 0.150. The van der Waals surface area contributed by atoms with Crippen molar-refractivity contribution in [2.45, 2.75) is 11.8 Å². The number of sulfone groups is 1. The molecule has 0 amide bonds. The molecule has 134 valence electrons. The zero-order valence-electron chi connectivity index (χ0n) is 14.7.